The summed E-state index contributed by atoms with van der Waals surface area (Å²) in [5, 5.41) is 17.8. The lowest BCUT2D eigenvalue weighted by Crippen LogP contribution is -2.20. The zero-order valence-corrected chi connectivity index (χ0v) is 14.9. The molecule has 4 rings (SSSR count). The van der Waals surface area contributed by atoms with Crippen LogP contribution in [0.1, 0.15) is 19.9 Å². The molecular weight excluding hydrogens is 344 g/mol. The number of hydrogen-bond acceptors (Lipinski definition) is 5. The summed E-state index contributed by atoms with van der Waals surface area (Å²) in [6.45, 7) is 4.08. The Morgan fingerprint density at radius 3 is 2.74 bits per heavy atom. The van der Waals surface area contributed by atoms with Gasteiger partial charge in [0, 0.05) is 18.3 Å². The highest BCUT2D eigenvalue weighted by molar-refractivity contribution is 5.99. The Morgan fingerprint density at radius 2 is 1.93 bits per heavy atom. The van der Waals surface area contributed by atoms with Crippen LogP contribution in [0.25, 0.3) is 17.0 Å². The smallest absolute Gasteiger partial charge is 0.310 e. The summed E-state index contributed by atoms with van der Waals surface area (Å²) in [6.07, 6.45) is 3.48. The molecule has 27 heavy (non-hydrogen) atoms. The van der Waals surface area contributed by atoms with E-state index >= 15 is 0 Å². The summed E-state index contributed by atoms with van der Waals surface area (Å²) in [5.41, 5.74) is 1.52. The zero-order chi connectivity index (χ0) is 18.8. The van der Waals surface area contributed by atoms with Crippen molar-refractivity contribution in [1.82, 2.24) is 29.4 Å². The highest BCUT2D eigenvalue weighted by Gasteiger charge is 2.13. The average Bonchev–Trinajstić information content (AvgIpc) is 3.28. The van der Waals surface area contributed by atoms with E-state index in [1.807, 2.05) is 54.9 Å². The number of nitrogens with one attached hydrogen (secondary N) is 2. The Morgan fingerprint density at radius 1 is 1.07 bits per heavy atom. The Kier molecular flexibility index (Phi) is 4.25. The zero-order valence-electron chi connectivity index (χ0n) is 14.9. The van der Waals surface area contributed by atoms with Crippen LogP contribution in [-0.2, 0) is 0 Å². The number of nitrogens with zero attached hydrogens (tertiary/aromatic N) is 6. The summed E-state index contributed by atoms with van der Waals surface area (Å²) in [4.78, 5) is 16.7. The molecule has 0 aromatic carbocycles. The van der Waals surface area contributed by atoms with Crippen LogP contribution in [0.15, 0.2) is 55.0 Å². The van der Waals surface area contributed by atoms with Crippen LogP contribution in [0.4, 0.5) is 16.4 Å². The number of urea groups is 1. The molecule has 4 heterocycles. The molecule has 4 aromatic heterocycles. The van der Waals surface area contributed by atoms with Gasteiger partial charge in [-0.3, -0.25) is 10.6 Å². The maximum absolute atomic E-state index is 12.3. The van der Waals surface area contributed by atoms with E-state index < -0.39 is 6.03 Å². The number of hydrogen-bond donors (Lipinski definition) is 2. The summed E-state index contributed by atoms with van der Waals surface area (Å²) in [7, 11) is 0. The molecule has 0 aliphatic carbocycles. The van der Waals surface area contributed by atoms with Crippen molar-refractivity contribution < 1.29 is 4.79 Å². The fraction of sp³-hybridized carbons (Fsp3) is 0.167. The van der Waals surface area contributed by atoms with Crippen molar-refractivity contribution in [3.05, 3.63) is 55.0 Å². The molecule has 0 radical (unpaired) electrons. The Labute approximate surface area is 155 Å². The fourth-order valence-corrected chi connectivity index (χ4v) is 2.70. The third-order valence-electron chi connectivity index (χ3n) is 3.96. The number of anilines is 2. The second-order valence-corrected chi connectivity index (χ2v) is 6.24. The fourth-order valence-electron chi connectivity index (χ4n) is 2.70. The van der Waals surface area contributed by atoms with Gasteiger partial charge in [0.25, 0.3) is 0 Å². The molecule has 2 amide bonds. The Bertz CT molecular complexity index is 1060. The van der Waals surface area contributed by atoms with Crippen LogP contribution in [0, 0.1) is 0 Å². The van der Waals surface area contributed by atoms with Crippen molar-refractivity contribution in [3.8, 4) is 11.5 Å². The van der Waals surface area contributed by atoms with Gasteiger partial charge in [-0.15, -0.1) is 15.3 Å². The molecule has 0 aliphatic heterocycles. The highest BCUT2D eigenvalue weighted by atomic mass is 16.2. The van der Waals surface area contributed by atoms with Crippen molar-refractivity contribution in [2.45, 2.75) is 19.9 Å². The SMILES string of the molecule is CC(C)n1cnnc1-c1cccc(NC(=O)Nc2cc3ccccn3n2)n1. The summed E-state index contributed by atoms with van der Waals surface area (Å²) >= 11 is 0. The topological polar surface area (TPSA) is 102 Å². The summed E-state index contributed by atoms with van der Waals surface area (Å²) in [5.74, 6) is 1.51. The third kappa shape index (κ3) is 3.47. The first-order chi connectivity index (χ1) is 13.1. The molecule has 9 nitrogen and oxygen atoms in total. The number of amides is 2. The minimum atomic E-state index is -0.423. The van der Waals surface area contributed by atoms with Crippen molar-refractivity contribution >= 4 is 23.2 Å². The van der Waals surface area contributed by atoms with Crippen molar-refractivity contribution in [2.24, 2.45) is 0 Å². The first-order valence-electron chi connectivity index (χ1n) is 8.49. The molecule has 0 atom stereocenters. The quantitative estimate of drug-likeness (QED) is 0.580. The number of fused-ring (bicyclic) bond motifs is 1. The maximum Gasteiger partial charge on any atom is 0.326 e. The van der Waals surface area contributed by atoms with Gasteiger partial charge in [0.2, 0.25) is 0 Å². The van der Waals surface area contributed by atoms with E-state index in [1.165, 1.54) is 0 Å². The van der Waals surface area contributed by atoms with E-state index in [9.17, 15) is 4.79 Å². The van der Waals surface area contributed by atoms with Crippen molar-refractivity contribution in [1.29, 1.82) is 0 Å². The number of carbonyl (C=O) groups is 1. The van der Waals surface area contributed by atoms with E-state index in [4.69, 9.17) is 0 Å². The van der Waals surface area contributed by atoms with E-state index in [1.54, 1.807) is 23.0 Å². The summed E-state index contributed by atoms with van der Waals surface area (Å²) in [6, 6.07) is 12.6. The van der Waals surface area contributed by atoms with Gasteiger partial charge in [-0.25, -0.2) is 14.3 Å². The van der Waals surface area contributed by atoms with Crippen molar-refractivity contribution in [2.75, 3.05) is 10.6 Å². The Hall–Kier alpha value is -3.75. The molecule has 0 fully saturated rings. The van der Waals surface area contributed by atoms with Gasteiger partial charge in [0.1, 0.15) is 17.8 Å². The van der Waals surface area contributed by atoms with Crippen LogP contribution in [0.2, 0.25) is 0 Å². The first kappa shape index (κ1) is 16.7. The predicted molar refractivity (Wildman–Crippen MR) is 101 cm³/mol. The molecule has 4 aromatic rings. The highest BCUT2D eigenvalue weighted by Crippen LogP contribution is 2.20. The minimum absolute atomic E-state index is 0.201. The molecule has 0 bridgehead atoms. The molecular formula is C18H18N8O. The lowest BCUT2D eigenvalue weighted by molar-refractivity contribution is 0.262. The number of aromatic nitrogens is 6. The van der Waals surface area contributed by atoms with E-state index in [0.29, 0.717) is 23.2 Å². The summed E-state index contributed by atoms with van der Waals surface area (Å²) < 4.78 is 3.61. The molecule has 0 saturated heterocycles. The van der Waals surface area contributed by atoms with Gasteiger partial charge in [0.15, 0.2) is 11.6 Å². The maximum atomic E-state index is 12.3. The number of pyridine rings is 2. The third-order valence-corrected chi connectivity index (χ3v) is 3.96. The lowest BCUT2D eigenvalue weighted by atomic mass is 10.3. The Balaban J connectivity index is 1.50. The molecule has 0 aliphatic rings. The van der Waals surface area contributed by atoms with Gasteiger partial charge in [-0.1, -0.05) is 12.1 Å². The second kappa shape index (κ2) is 6.87. The molecule has 0 spiro atoms. The largest absolute Gasteiger partial charge is 0.326 e. The van der Waals surface area contributed by atoms with E-state index in [0.717, 1.165) is 5.52 Å². The van der Waals surface area contributed by atoms with Crippen molar-refractivity contribution in [3.63, 3.8) is 0 Å². The molecule has 2 N–H and O–H groups in total. The van der Waals surface area contributed by atoms with Crippen LogP contribution in [0.3, 0.4) is 0 Å². The molecule has 9 heteroatoms. The van der Waals surface area contributed by atoms with Gasteiger partial charge in [-0.05, 0) is 38.1 Å². The predicted octanol–water partition coefficient (Wildman–Crippen LogP) is 3.21. The number of carbonyl (C=O) groups excluding carboxylic acids is 1. The van der Waals surface area contributed by atoms with Gasteiger partial charge < -0.3 is 4.57 Å². The van der Waals surface area contributed by atoms with Crippen LogP contribution in [-0.4, -0.2) is 35.4 Å². The van der Waals surface area contributed by atoms with Crippen LogP contribution >= 0.6 is 0 Å². The molecule has 0 unspecified atom stereocenters. The second-order valence-electron chi connectivity index (χ2n) is 6.24. The van der Waals surface area contributed by atoms with E-state index in [-0.39, 0.29) is 6.04 Å². The van der Waals surface area contributed by atoms with Gasteiger partial charge >= 0.3 is 6.03 Å². The molecule has 136 valence electrons. The normalized spacial score (nSPS) is 11.1. The lowest BCUT2D eigenvalue weighted by Gasteiger charge is -2.10. The first-order valence-corrected chi connectivity index (χ1v) is 8.49. The minimum Gasteiger partial charge on any atom is -0.310 e. The van der Waals surface area contributed by atoms with Gasteiger partial charge in [0.05, 0.1) is 5.52 Å². The standard InChI is InChI=1S/C18H18N8O/c1-12(2)25-11-19-23-17(25)14-7-5-8-15(20-14)21-18(27)22-16-10-13-6-3-4-9-26(13)24-16/h3-12H,1-2H3,(H2,20,21,22,24,27). The average molecular weight is 362 g/mol. The monoisotopic (exact) mass is 362 g/mol. The van der Waals surface area contributed by atoms with Crippen LogP contribution in [0.5, 0.6) is 0 Å². The molecule has 0 saturated carbocycles. The number of rotatable bonds is 4. The van der Waals surface area contributed by atoms with E-state index in [2.05, 4.69) is 30.9 Å². The van der Waals surface area contributed by atoms with Gasteiger partial charge in [-0.2, -0.15) is 0 Å². The van der Waals surface area contributed by atoms with Crippen LogP contribution < -0.4 is 10.6 Å².